The van der Waals surface area contributed by atoms with Gasteiger partial charge in [-0.25, -0.2) is 0 Å². The lowest BCUT2D eigenvalue weighted by molar-refractivity contribution is 0.0950. The lowest BCUT2D eigenvalue weighted by Crippen LogP contribution is -2.23. The molecule has 0 aliphatic carbocycles. The fourth-order valence-corrected chi connectivity index (χ4v) is 1.86. The maximum absolute atomic E-state index is 12.0. The lowest BCUT2D eigenvalue weighted by atomic mass is 10.1. The van der Waals surface area contributed by atoms with Crippen LogP contribution in [0, 0.1) is 25.2 Å². The summed E-state index contributed by atoms with van der Waals surface area (Å²) in [6, 6.07) is 9.58. The third-order valence-electron chi connectivity index (χ3n) is 3.21. The Labute approximate surface area is 118 Å². The van der Waals surface area contributed by atoms with Crippen LogP contribution in [0.15, 0.2) is 36.7 Å². The van der Waals surface area contributed by atoms with Crippen molar-refractivity contribution in [2.45, 2.75) is 20.4 Å². The predicted octanol–water partition coefficient (Wildman–Crippen LogP) is 2.50. The molecule has 2 rings (SSSR count). The second-order valence-corrected chi connectivity index (χ2v) is 4.63. The van der Waals surface area contributed by atoms with Gasteiger partial charge >= 0.3 is 0 Å². The van der Waals surface area contributed by atoms with Crippen LogP contribution in [0.1, 0.15) is 32.6 Å². The van der Waals surface area contributed by atoms with Crippen LogP contribution in [0.3, 0.4) is 0 Å². The van der Waals surface area contributed by atoms with Gasteiger partial charge in [0.25, 0.3) is 5.91 Å². The molecule has 0 saturated carbocycles. The van der Waals surface area contributed by atoms with Gasteiger partial charge in [0.15, 0.2) is 0 Å². The Balaban J connectivity index is 2.09. The summed E-state index contributed by atoms with van der Waals surface area (Å²) >= 11 is 0. The zero-order valence-electron chi connectivity index (χ0n) is 11.5. The van der Waals surface area contributed by atoms with E-state index >= 15 is 0 Å². The number of hydrogen-bond acceptors (Lipinski definition) is 3. The van der Waals surface area contributed by atoms with Gasteiger partial charge in [-0.3, -0.25) is 9.78 Å². The summed E-state index contributed by atoms with van der Waals surface area (Å²) in [6.45, 7) is 4.52. The Hall–Kier alpha value is -2.67. The number of nitrogens with zero attached hydrogens (tertiary/aromatic N) is 2. The number of amides is 1. The van der Waals surface area contributed by atoms with E-state index in [9.17, 15) is 4.79 Å². The van der Waals surface area contributed by atoms with E-state index < -0.39 is 0 Å². The smallest absolute Gasteiger partial charge is 0.254 e. The number of carbonyl (C=O) groups is 1. The first-order valence-corrected chi connectivity index (χ1v) is 6.30. The van der Waals surface area contributed by atoms with Gasteiger partial charge in [-0.1, -0.05) is 18.2 Å². The molecule has 20 heavy (non-hydrogen) atoms. The Bertz CT molecular complexity index is 686. The first-order valence-electron chi connectivity index (χ1n) is 6.30. The predicted molar refractivity (Wildman–Crippen MR) is 76.0 cm³/mol. The fourth-order valence-electron chi connectivity index (χ4n) is 1.86. The Morgan fingerprint density at radius 1 is 1.30 bits per heavy atom. The van der Waals surface area contributed by atoms with Gasteiger partial charge in [-0.2, -0.15) is 5.26 Å². The van der Waals surface area contributed by atoms with Gasteiger partial charge < -0.3 is 5.32 Å². The Kier molecular flexibility index (Phi) is 4.11. The number of pyridine rings is 1. The number of benzene rings is 1. The Morgan fingerprint density at radius 3 is 2.80 bits per heavy atom. The SMILES string of the molecule is Cc1ccc(CNC(=O)c2cnccc2C#N)cc1C. The molecule has 1 N–H and O–H groups in total. The van der Waals surface area contributed by atoms with Crippen molar-refractivity contribution in [2.75, 3.05) is 0 Å². The molecule has 0 aliphatic rings. The first-order chi connectivity index (χ1) is 9.61. The van der Waals surface area contributed by atoms with E-state index in [-0.39, 0.29) is 5.91 Å². The van der Waals surface area contributed by atoms with Gasteiger partial charge in [-0.05, 0) is 36.6 Å². The summed E-state index contributed by atoms with van der Waals surface area (Å²) in [6.07, 6.45) is 2.91. The topological polar surface area (TPSA) is 65.8 Å². The molecule has 1 aromatic carbocycles. The van der Waals surface area contributed by atoms with Crippen LogP contribution < -0.4 is 5.32 Å². The van der Waals surface area contributed by atoms with Crippen molar-refractivity contribution < 1.29 is 4.79 Å². The first kappa shape index (κ1) is 13.8. The van der Waals surface area contributed by atoms with Crippen LogP contribution in [0.2, 0.25) is 0 Å². The van der Waals surface area contributed by atoms with Crippen molar-refractivity contribution in [1.82, 2.24) is 10.3 Å². The molecule has 0 bridgehead atoms. The summed E-state index contributed by atoms with van der Waals surface area (Å²) in [5.41, 5.74) is 4.08. The third kappa shape index (κ3) is 3.01. The van der Waals surface area contributed by atoms with E-state index in [0.29, 0.717) is 17.7 Å². The van der Waals surface area contributed by atoms with Crippen molar-refractivity contribution in [3.8, 4) is 6.07 Å². The molecule has 1 heterocycles. The highest BCUT2D eigenvalue weighted by atomic mass is 16.1. The zero-order chi connectivity index (χ0) is 14.5. The molecule has 4 nitrogen and oxygen atoms in total. The average molecular weight is 265 g/mol. The van der Waals surface area contributed by atoms with E-state index in [1.165, 1.54) is 29.6 Å². The molecule has 0 fully saturated rings. The summed E-state index contributed by atoms with van der Waals surface area (Å²) in [4.78, 5) is 15.9. The van der Waals surface area contributed by atoms with Crippen LogP contribution in [-0.4, -0.2) is 10.9 Å². The quantitative estimate of drug-likeness (QED) is 0.927. The van der Waals surface area contributed by atoms with Crippen LogP contribution in [0.5, 0.6) is 0 Å². The molecule has 0 radical (unpaired) electrons. The minimum Gasteiger partial charge on any atom is -0.348 e. The fraction of sp³-hybridized carbons (Fsp3) is 0.188. The van der Waals surface area contributed by atoms with Crippen LogP contribution in [0.25, 0.3) is 0 Å². The van der Waals surface area contributed by atoms with Gasteiger partial charge in [0, 0.05) is 18.9 Å². The largest absolute Gasteiger partial charge is 0.348 e. The van der Waals surface area contributed by atoms with Crippen LogP contribution >= 0.6 is 0 Å². The maximum Gasteiger partial charge on any atom is 0.254 e. The average Bonchev–Trinajstić information content (AvgIpc) is 2.48. The van der Waals surface area contributed by atoms with E-state index in [4.69, 9.17) is 5.26 Å². The normalized spacial score (nSPS) is 9.85. The minimum atomic E-state index is -0.284. The molecule has 0 aliphatic heterocycles. The van der Waals surface area contributed by atoms with Crippen molar-refractivity contribution in [1.29, 1.82) is 5.26 Å². The molecule has 1 amide bonds. The van der Waals surface area contributed by atoms with E-state index in [1.54, 1.807) is 0 Å². The third-order valence-corrected chi connectivity index (χ3v) is 3.21. The summed E-state index contributed by atoms with van der Waals surface area (Å²) in [5, 5.41) is 11.8. The summed E-state index contributed by atoms with van der Waals surface area (Å²) < 4.78 is 0. The van der Waals surface area contributed by atoms with E-state index in [0.717, 1.165) is 5.56 Å². The monoisotopic (exact) mass is 265 g/mol. The van der Waals surface area contributed by atoms with Gasteiger partial charge in [0.05, 0.1) is 11.1 Å². The van der Waals surface area contributed by atoms with E-state index in [1.807, 2.05) is 38.1 Å². The number of carbonyl (C=O) groups excluding carboxylic acids is 1. The van der Waals surface area contributed by atoms with Gasteiger partial charge in [0.1, 0.15) is 6.07 Å². The highest BCUT2D eigenvalue weighted by Gasteiger charge is 2.10. The Morgan fingerprint density at radius 2 is 2.10 bits per heavy atom. The summed E-state index contributed by atoms with van der Waals surface area (Å²) in [5.74, 6) is -0.284. The highest BCUT2D eigenvalue weighted by molar-refractivity contribution is 5.96. The molecule has 0 unspecified atom stereocenters. The minimum absolute atomic E-state index is 0.284. The van der Waals surface area contributed by atoms with Crippen molar-refractivity contribution in [3.05, 3.63) is 64.5 Å². The standard InChI is InChI=1S/C16H15N3O/c1-11-3-4-13(7-12(11)2)9-19-16(20)15-10-18-6-5-14(15)8-17/h3-7,10H,9H2,1-2H3,(H,19,20). The number of hydrogen-bond donors (Lipinski definition) is 1. The second kappa shape index (κ2) is 5.98. The van der Waals surface area contributed by atoms with E-state index in [2.05, 4.69) is 10.3 Å². The molecule has 4 heteroatoms. The molecule has 1 aromatic heterocycles. The van der Waals surface area contributed by atoms with Crippen molar-refractivity contribution in [3.63, 3.8) is 0 Å². The zero-order valence-corrected chi connectivity index (χ0v) is 11.5. The van der Waals surface area contributed by atoms with Crippen LogP contribution in [0.4, 0.5) is 0 Å². The maximum atomic E-state index is 12.0. The van der Waals surface area contributed by atoms with Gasteiger partial charge in [0.2, 0.25) is 0 Å². The molecule has 2 aromatic rings. The molecule has 0 saturated heterocycles. The number of aromatic nitrogens is 1. The molecule has 0 atom stereocenters. The number of nitrogens with one attached hydrogen (secondary N) is 1. The second-order valence-electron chi connectivity index (χ2n) is 4.63. The lowest BCUT2D eigenvalue weighted by Gasteiger charge is -2.08. The number of rotatable bonds is 3. The molecular weight excluding hydrogens is 250 g/mol. The molecular formula is C16H15N3O. The molecule has 0 spiro atoms. The number of nitriles is 1. The number of aryl methyl sites for hydroxylation is 2. The highest BCUT2D eigenvalue weighted by Crippen LogP contribution is 2.10. The van der Waals surface area contributed by atoms with Crippen molar-refractivity contribution in [2.24, 2.45) is 0 Å². The van der Waals surface area contributed by atoms with Crippen LogP contribution in [-0.2, 0) is 6.54 Å². The summed E-state index contributed by atoms with van der Waals surface area (Å²) in [7, 11) is 0. The van der Waals surface area contributed by atoms with Crippen molar-refractivity contribution >= 4 is 5.91 Å². The van der Waals surface area contributed by atoms with Gasteiger partial charge in [-0.15, -0.1) is 0 Å². The molecule has 100 valence electrons.